The summed E-state index contributed by atoms with van der Waals surface area (Å²) in [4.78, 5) is 24.8. The van der Waals surface area contributed by atoms with Gasteiger partial charge in [0.25, 0.3) is 5.91 Å². The van der Waals surface area contributed by atoms with E-state index in [4.69, 9.17) is 20.8 Å². The van der Waals surface area contributed by atoms with Gasteiger partial charge in [-0.15, -0.1) is 0 Å². The molecule has 162 valence electrons. The Morgan fingerprint density at radius 3 is 2.65 bits per heavy atom. The van der Waals surface area contributed by atoms with E-state index in [9.17, 15) is 14.7 Å². The molecule has 2 N–H and O–H groups in total. The minimum atomic E-state index is -0.859. The first-order chi connectivity index (χ1) is 14.9. The Bertz CT molecular complexity index is 1160. The average molecular weight is 442 g/mol. The monoisotopic (exact) mass is 441 g/mol. The Morgan fingerprint density at radius 1 is 1.19 bits per heavy atom. The van der Waals surface area contributed by atoms with Crippen LogP contribution in [0.1, 0.15) is 42.6 Å². The van der Waals surface area contributed by atoms with E-state index in [1.165, 1.54) is 0 Å². The number of nitrogens with one attached hydrogen (secondary N) is 1. The van der Waals surface area contributed by atoms with Gasteiger partial charge in [0, 0.05) is 23.6 Å². The lowest BCUT2D eigenvalue weighted by atomic mass is 9.90. The molecule has 4 rings (SSSR count). The third kappa shape index (κ3) is 4.60. The highest BCUT2D eigenvalue weighted by Crippen LogP contribution is 2.34. The fourth-order valence-electron chi connectivity index (χ4n) is 3.91. The number of hydrogen-bond donors (Lipinski definition) is 2. The van der Waals surface area contributed by atoms with Gasteiger partial charge >= 0.3 is 5.63 Å². The van der Waals surface area contributed by atoms with Crippen molar-refractivity contribution in [3.05, 3.63) is 74.6 Å². The standard InChI is InChI=1S/C24H24ClNO5/c1-14(23(28)26-13-20(27)15-7-3-2-4-8-15)30-22-12-21-18(11-19(22)25)16-9-5-6-10-17(16)24(29)31-21/h2-4,7-8,11-12,14,20,27H,5-6,9-10,13H2,1H3,(H,26,28)/t14-,20+/m0/s1. The van der Waals surface area contributed by atoms with Crippen LogP contribution in [0, 0.1) is 0 Å². The van der Waals surface area contributed by atoms with E-state index in [2.05, 4.69) is 5.32 Å². The highest BCUT2D eigenvalue weighted by Gasteiger charge is 2.22. The zero-order chi connectivity index (χ0) is 22.0. The molecule has 1 aliphatic rings. The largest absolute Gasteiger partial charge is 0.479 e. The van der Waals surface area contributed by atoms with Gasteiger partial charge < -0.3 is 19.6 Å². The molecule has 0 bridgehead atoms. The first kappa shape index (κ1) is 21.4. The molecule has 2 aromatic carbocycles. The molecule has 31 heavy (non-hydrogen) atoms. The summed E-state index contributed by atoms with van der Waals surface area (Å²) in [7, 11) is 0. The van der Waals surface area contributed by atoms with E-state index in [0.29, 0.717) is 16.2 Å². The van der Waals surface area contributed by atoms with Crippen molar-refractivity contribution in [1.29, 1.82) is 0 Å². The highest BCUT2D eigenvalue weighted by molar-refractivity contribution is 6.32. The number of aliphatic hydroxyl groups excluding tert-OH is 1. The van der Waals surface area contributed by atoms with Crippen LogP contribution in [-0.2, 0) is 17.6 Å². The number of carbonyl (C=O) groups excluding carboxylic acids is 1. The van der Waals surface area contributed by atoms with E-state index in [1.807, 2.05) is 18.2 Å². The zero-order valence-electron chi connectivity index (χ0n) is 17.2. The predicted molar refractivity (Wildman–Crippen MR) is 119 cm³/mol. The van der Waals surface area contributed by atoms with Crippen molar-refractivity contribution in [2.45, 2.75) is 44.8 Å². The molecule has 0 spiro atoms. The molecule has 2 atom stereocenters. The second-order valence-corrected chi connectivity index (χ2v) is 8.17. The summed E-state index contributed by atoms with van der Waals surface area (Å²) in [5.41, 5.74) is 2.51. The number of amides is 1. The van der Waals surface area contributed by atoms with Crippen LogP contribution >= 0.6 is 11.6 Å². The van der Waals surface area contributed by atoms with Gasteiger partial charge in [0.05, 0.1) is 11.1 Å². The minimum absolute atomic E-state index is 0.0585. The molecule has 3 aromatic rings. The molecule has 0 unspecified atom stereocenters. The number of benzene rings is 2. The topological polar surface area (TPSA) is 88.8 Å². The second-order valence-electron chi connectivity index (χ2n) is 7.76. The van der Waals surface area contributed by atoms with Crippen molar-refractivity contribution in [2.24, 2.45) is 0 Å². The lowest BCUT2D eigenvalue weighted by Gasteiger charge is -2.19. The van der Waals surface area contributed by atoms with Crippen LogP contribution in [0.4, 0.5) is 0 Å². The maximum Gasteiger partial charge on any atom is 0.339 e. The molecule has 0 saturated carbocycles. The molecule has 1 aromatic heterocycles. The summed E-state index contributed by atoms with van der Waals surface area (Å²) in [5, 5.41) is 14.0. The molecule has 6 nitrogen and oxygen atoms in total. The van der Waals surface area contributed by atoms with E-state index in [-0.39, 0.29) is 17.9 Å². The van der Waals surface area contributed by atoms with Crippen molar-refractivity contribution >= 4 is 28.5 Å². The second kappa shape index (κ2) is 9.12. The van der Waals surface area contributed by atoms with Crippen molar-refractivity contribution in [1.82, 2.24) is 5.32 Å². The summed E-state index contributed by atoms with van der Waals surface area (Å²) in [6.07, 6.45) is 1.85. The SMILES string of the molecule is C[C@H](Oc1cc2oc(=O)c3c(c2cc1Cl)CCCC3)C(=O)NC[C@@H](O)c1ccccc1. The number of halogens is 1. The number of hydrogen-bond acceptors (Lipinski definition) is 5. The molecule has 1 amide bonds. The van der Waals surface area contributed by atoms with Gasteiger partial charge in [-0.2, -0.15) is 0 Å². The lowest BCUT2D eigenvalue weighted by Crippen LogP contribution is -2.38. The van der Waals surface area contributed by atoms with Crippen LogP contribution in [0.25, 0.3) is 11.0 Å². The Hall–Kier alpha value is -2.83. The third-order valence-electron chi connectivity index (χ3n) is 5.60. The third-order valence-corrected chi connectivity index (χ3v) is 5.90. The maximum atomic E-state index is 12.4. The Labute approximate surface area is 184 Å². The normalized spacial score (nSPS) is 15.2. The van der Waals surface area contributed by atoms with Gasteiger partial charge in [0.15, 0.2) is 6.10 Å². The lowest BCUT2D eigenvalue weighted by molar-refractivity contribution is -0.127. The first-order valence-electron chi connectivity index (χ1n) is 10.4. The molecule has 1 heterocycles. The van der Waals surface area contributed by atoms with Gasteiger partial charge in [-0.05, 0) is 49.8 Å². The molecule has 0 radical (unpaired) electrons. The summed E-state index contributed by atoms with van der Waals surface area (Å²) in [6.45, 7) is 1.65. The van der Waals surface area contributed by atoms with Gasteiger partial charge in [-0.25, -0.2) is 4.79 Å². The van der Waals surface area contributed by atoms with Crippen LogP contribution in [0.5, 0.6) is 5.75 Å². The van der Waals surface area contributed by atoms with E-state index in [1.54, 1.807) is 31.2 Å². The molecule has 0 saturated heterocycles. The van der Waals surface area contributed by atoms with Crippen LogP contribution < -0.4 is 15.7 Å². The highest BCUT2D eigenvalue weighted by atomic mass is 35.5. The van der Waals surface area contributed by atoms with Crippen LogP contribution in [-0.4, -0.2) is 23.7 Å². The summed E-state index contributed by atoms with van der Waals surface area (Å²) >= 11 is 6.43. The summed E-state index contributed by atoms with van der Waals surface area (Å²) in [5.74, 6) is -0.127. The van der Waals surface area contributed by atoms with Gasteiger partial charge in [0.2, 0.25) is 0 Å². The predicted octanol–water partition coefficient (Wildman–Crippen LogP) is 3.94. The Morgan fingerprint density at radius 2 is 1.90 bits per heavy atom. The molecule has 7 heteroatoms. The fraction of sp³-hybridized carbons (Fsp3) is 0.333. The van der Waals surface area contributed by atoms with Crippen LogP contribution in [0.3, 0.4) is 0 Å². The number of ether oxygens (including phenoxy) is 1. The molecule has 0 aliphatic heterocycles. The number of carbonyl (C=O) groups is 1. The molecule has 1 aliphatic carbocycles. The van der Waals surface area contributed by atoms with Gasteiger partial charge in [0.1, 0.15) is 11.3 Å². The average Bonchev–Trinajstić information content (AvgIpc) is 2.79. The summed E-state index contributed by atoms with van der Waals surface area (Å²) in [6, 6.07) is 12.4. The smallest absolute Gasteiger partial charge is 0.339 e. The van der Waals surface area contributed by atoms with Crippen LogP contribution in [0.15, 0.2) is 51.7 Å². The Balaban J connectivity index is 1.48. The number of aliphatic hydroxyl groups is 1. The van der Waals surface area contributed by atoms with Gasteiger partial charge in [-0.3, -0.25) is 4.79 Å². The van der Waals surface area contributed by atoms with Crippen molar-refractivity contribution in [3.63, 3.8) is 0 Å². The van der Waals surface area contributed by atoms with Gasteiger partial charge in [-0.1, -0.05) is 41.9 Å². The van der Waals surface area contributed by atoms with Crippen LogP contribution in [0.2, 0.25) is 5.02 Å². The number of aryl methyl sites for hydroxylation is 1. The van der Waals surface area contributed by atoms with Crippen molar-refractivity contribution in [3.8, 4) is 5.75 Å². The van der Waals surface area contributed by atoms with E-state index < -0.39 is 18.1 Å². The molecular weight excluding hydrogens is 418 g/mol. The first-order valence-corrected chi connectivity index (χ1v) is 10.8. The van der Waals surface area contributed by atoms with Crippen molar-refractivity contribution in [2.75, 3.05) is 6.54 Å². The fourth-order valence-corrected chi connectivity index (χ4v) is 4.12. The number of fused-ring (bicyclic) bond motifs is 3. The van der Waals surface area contributed by atoms with E-state index >= 15 is 0 Å². The maximum absolute atomic E-state index is 12.4. The quantitative estimate of drug-likeness (QED) is 0.565. The van der Waals surface area contributed by atoms with E-state index in [0.717, 1.165) is 42.2 Å². The summed E-state index contributed by atoms with van der Waals surface area (Å²) < 4.78 is 11.2. The Kier molecular flexibility index (Phi) is 6.30. The number of rotatable bonds is 6. The molecule has 0 fully saturated rings. The zero-order valence-corrected chi connectivity index (χ0v) is 17.9. The molecular formula is C24H24ClNO5. The van der Waals surface area contributed by atoms with Crippen molar-refractivity contribution < 1.29 is 19.1 Å². The minimum Gasteiger partial charge on any atom is -0.479 e.